The maximum Gasteiger partial charge on any atom is 0.242 e. The third kappa shape index (κ3) is 6.63. The van der Waals surface area contributed by atoms with Crippen molar-refractivity contribution in [2.24, 2.45) is 0 Å². The molecule has 1 atom stereocenters. The van der Waals surface area contributed by atoms with Crippen molar-refractivity contribution in [3.05, 3.63) is 65.2 Å². The molecule has 29 heavy (non-hydrogen) atoms. The molecule has 2 aromatic carbocycles. The van der Waals surface area contributed by atoms with Gasteiger partial charge in [-0.2, -0.15) is 0 Å². The lowest BCUT2D eigenvalue weighted by Crippen LogP contribution is -2.47. The maximum absolute atomic E-state index is 13.1. The monoisotopic (exact) mass is 396 g/mol. The van der Waals surface area contributed by atoms with Crippen molar-refractivity contribution < 1.29 is 14.3 Å². The second kappa shape index (κ2) is 11.2. The summed E-state index contributed by atoms with van der Waals surface area (Å²) in [6, 6.07) is 15.4. The number of likely N-dealkylation sites (N-methyl/N-ethyl adjacent to an activating group) is 1. The van der Waals surface area contributed by atoms with Gasteiger partial charge in [-0.1, -0.05) is 43.3 Å². The molecule has 0 bridgehead atoms. The predicted octanol–water partition coefficient (Wildman–Crippen LogP) is 3.74. The number of benzene rings is 2. The van der Waals surface area contributed by atoms with E-state index in [1.807, 2.05) is 31.2 Å². The Morgan fingerprint density at radius 3 is 2.34 bits per heavy atom. The third-order valence-electron chi connectivity index (χ3n) is 5.06. The number of nitrogens with one attached hydrogen (secondary N) is 1. The van der Waals surface area contributed by atoms with Gasteiger partial charge in [0.2, 0.25) is 11.8 Å². The van der Waals surface area contributed by atoms with Gasteiger partial charge in [0, 0.05) is 19.5 Å². The minimum Gasteiger partial charge on any atom is -0.497 e. The third-order valence-corrected chi connectivity index (χ3v) is 5.06. The van der Waals surface area contributed by atoms with E-state index in [1.165, 1.54) is 5.56 Å². The van der Waals surface area contributed by atoms with Crippen molar-refractivity contribution in [2.45, 2.75) is 52.6 Å². The number of carbonyl (C=O) groups excluding carboxylic acids is 2. The van der Waals surface area contributed by atoms with E-state index in [1.54, 1.807) is 18.9 Å². The van der Waals surface area contributed by atoms with Gasteiger partial charge in [-0.3, -0.25) is 9.59 Å². The molecule has 1 N–H and O–H groups in total. The van der Waals surface area contributed by atoms with Crippen LogP contribution in [0.5, 0.6) is 5.75 Å². The lowest BCUT2D eigenvalue weighted by Gasteiger charge is -2.29. The summed E-state index contributed by atoms with van der Waals surface area (Å²) in [5, 5.41) is 2.82. The van der Waals surface area contributed by atoms with Crippen molar-refractivity contribution in [2.75, 3.05) is 13.7 Å². The Kier molecular flexibility index (Phi) is 8.71. The van der Waals surface area contributed by atoms with E-state index < -0.39 is 6.04 Å². The number of aryl methyl sites for hydroxylation is 2. The van der Waals surface area contributed by atoms with Crippen molar-refractivity contribution in [1.29, 1.82) is 0 Å². The number of hydrogen-bond acceptors (Lipinski definition) is 3. The highest BCUT2D eigenvalue weighted by molar-refractivity contribution is 5.87. The van der Waals surface area contributed by atoms with E-state index in [9.17, 15) is 9.59 Å². The van der Waals surface area contributed by atoms with Gasteiger partial charge in [0.15, 0.2) is 0 Å². The van der Waals surface area contributed by atoms with Crippen LogP contribution in [-0.4, -0.2) is 36.4 Å². The fourth-order valence-corrected chi connectivity index (χ4v) is 3.21. The molecule has 0 saturated carbocycles. The van der Waals surface area contributed by atoms with Crippen LogP contribution >= 0.6 is 0 Å². The Morgan fingerprint density at radius 1 is 1.03 bits per heavy atom. The standard InChI is InChI=1S/C24H32N2O3/c1-5-19-10-12-20(13-11-19)14-15-23(27)26(18(3)24(28)25-6-2)17-21-8-7-9-22(16-21)29-4/h7-13,16,18H,5-6,14-15,17H2,1-4H3,(H,25,28)/t18-/m1/s1. The van der Waals surface area contributed by atoms with Crippen molar-refractivity contribution in [3.63, 3.8) is 0 Å². The van der Waals surface area contributed by atoms with Crippen LogP contribution in [0, 0.1) is 0 Å². The molecule has 0 radical (unpaired) electrons. The normalized spacial score (nSPS) is 11.6. The molecule has 0 aromatic heterocycles. The summed E-state index contributed by atoms with van der Waals surface area (Å²) in [6.45, 7) is 6.67. The molecule has 2 rings (SSSR count). The minimum absolute atomic E-state index is 0.0360. The first-order valence-electron chi connectivity index (χ1n) is 10.3. The Morgan fingerprint density at radius 2 is 1.72 bits per heavy atom. The topological polar surface area (TPSA) is 58.6 Å². The molecule has 5 nitrogen and oxygen atoms in total. The van der Waals surface area contributed by atoms with Gasteiger partial charge in [0.25, 0.3) is 0 Å². The summed E-state index contributed by atoms with van der Waals surface area (Å²) in [4.78, 5) is 27.1. The van der Waals surface area contributed by atoms with Crippen molar-refractivity contribution in [3.8, 4) is 5.75 Å². The second-order valence-electron chi connectivity index (χ2n) is 7.11. The van der Waals surface area contributed by atoms with Crippen molar-refractivity contribution in [1.82, 2.24) is 10.2 Å². The largest absolute Gasteiger partial charge is 0.497 e. The Bertz CT molecular complexity index is 802. The average Bonchev–Trinajstić information content (AvgIpc) is 2.76. The van der Waals surface area contributed by atoms with E-state index in [4.69, 9.17) is 4.74 Å². The fourth-order valence-electron chi connectivity index (χ4n) is 3.21. The molecule has 0 heterocycles. The van der Waals surface area contributed by atoms with Crippen LogP contribution in [0.3, 0.4) is 0 Å². The van der Waals surface area contributed by atoms with Gasteiger partial charge in [-0.25, -0.2) is 0 Å². The van der Waals surface area contributed by atoms with Gasteiger partial charge in [-0.15, -0.1) is 0 Å². The number of carbonyl (C=O) groups is 2. The zero-order valence-corrected chi connectivity index (χ0v) is 17.9. The van der Waals surface area contributed by atoms with Crippen LogP contribution in [-0.2, 0) is 29.0 Å². The molecule has 0 aliphatic carbocycles. The Balaban J connectivity index is 2.13. The molecule has 0 fully saturated rings. The van der Waals surface area contributed by atoms with Gasteiger partial charge in [0.05, 0.1) is 7.11 Å². The number of nitrogens with zero attached hydrogens (tertiary/aromatic N) is 1. The Labute approximate surface area is 174 Å². The van der Waals surface area contributed by atoms with Crippen LogP contribution < -0.4 is 10.1 Å². The highest BCUT2D eigenvalue weighted by atomic mass is 16.5. The lowest BCUT2D eigenvalue weighted by molar-refractivity contribution is -0.140. The van der Waals surface area contributed by atoms with E-state index >= 15 is 0 Å². The summed E-state index contributed by atoms with van der Waals surface area (Å²) < 4.78 is 5.28. The molecule has 0 unspecified atom stereocenters. The number of ether oxygens (including phenoxy) is 1. The molecule has 0 aliphatic heterocycles. The minimum atomic E-state index is -0.545. The van der Waals surface area contributed by atoms with Gasteiger partial charge in [-0.05, 0) is 55.5 Å². The first-order valence-corrected chi connectivity index (χ1v) is 10.3. The van der Waals surface area contributed by atoms with Crippen LogP contribution in [0.25, 0.3) is 0 Å². The number of hydrogen-bond donors (Lipinski definition) is 1. The quantitative estimate of drug-likeness (QED) is 0.665. The van der Waals surface area contributed by atoms with E-state index in [-0.39, 0.29) is 11.8 Å². The summed E-state index contributed by atoms with van der Waals surface area (Å²) in [6.07, 6.45) is 2.01. The zero-order chi connectivity index (χ0) is 21.2. The number of methoxy groups -OCH3 is 1. The Hall–Kier alpha value is -2.82. The zero-order valence-electron chi connectivity index (χ0n) is 17.9. The molecule has 0 spiro atoms. The summed E-state index contributed by atoms with van der Waals surface area (Å²) >= 11 is 0. The maximum atomic E-state index is 13.1. The predicted molar refractivity (Wildman–Crippen MR) is 116 cm³/mol. The number of rotatable bonds is 10. The average molecular weight is 397 g/mol. The first-order chi connectivity index (χ1) is 14.0. The van der Waals surface area contributed by atoms with Crippen LogP contribution in [0.1, 0.15) is 43.9 Å². The van der Waals surface area contributed by atoms with Gasteiger partial charge < -0.3 is 15.0 Å². The van der Waals surface area contributed by atoms with Crippen molar-refractivity contribution >= 4 is 11.8 Å². The van der Waals surface area contributed by atoms with Crippen LogP contribution in [0.4, 0.5) is 0 Å². The highest BCUT2D eigenvalue weighted by Gasteiger charge is 2.25. The van der Waals surface area contributed by atoms with Gasteiger partial charge in [0.1, 0.15) is 11.8 Å². The summed E-state index contributed by atoms with van der Waals surface area (Å²) in [5.74, 6) is 0.554. The molecular formula is C24H32N2O3. The first kappa shape index (κ1) is 22.5. The van der Waals surface area contributed by atoms with Gasteiger partial charge >= 0.3 is 0 Å². The molecule has 156 valence electrons. The SMILES string of the molecule is CCNC(=O)[C@@H](C)N(Cc1cccc(OC)c1)C(=O)CCc1ccc(CC)cc1. The van der Waals surface area contributed by atoms with Crippen LogP contribution in [0.15, 0.2) is 48.5 Å². The molecular weight excluding hydrogens is 364 g/mol. The molecule has 5 heteroatoms. The van der Waals surface area contributed by atoms with Crippen LogP contribution in [0.2, 0.25) is 0 Å². The molecule has 0 saturated heterocycles. The lowest BCUT2D eigenvalue weighted by atomic mass is 10.0. The van der Waals surface area contributed by atoms with E-state index in [0.717, 1.165) is 23.3 Å². The summed E-state index contributed by atoms with van der Waals surface area (Å²) in [5.41, 5.74) is 3.34. The summed E-state index contributed by atoms with van der Waals surface area (Å²) in [7, 11) is 1.61. The van der Waals surface area contributed by atoms with E-state index in [2.05, 4.69) is 36.5 Å². The fraction of sp³-hybridized carbons (Fsp3) is 0.417. The smallest absolute Gasteiger partial charge is 0.242 e. The molecule has 2 amide bonds. The number of amides is 2. The molecule has 0 aliphatic rings. The molecule has 2 aromatic rings. The van der Waals surface area contributed by atoms with E-state index in [0.29, 0.717) is 25.9 Å². The highest BCUT2D eigenvalue weighted by Crippen LogP contribution is 2.17. The second-order valence-corrected chi connectivity index (χ2v) is 7.11.